The molecule has 34 heavy (non-hydrogen) atoms. The second kappa shape index (κ2) is 12.5. The smallest absolute Gasteiger partial charge is 0.243 e. The van der Waals surface area contributed by atoms with E-state index in [2.05, 4.69) is 10.0 Å². The number of sulfonamides is 1. The number of nitrogens with zero attached hydrogens (tertiary/aromatic N) is 1. The number of hydrogen-bond donors (Lipinski definition) is 2. The van der Waals surface area contributed by atoms with Crippen LogP contribution in [0.1, 0.15) is 58.3 Å². The minimum Gasteiger partial charge on any atom is -0.497 e. The molecule has 0 unspecified atom stereocenters. The van der Waals surface area contributed by atoms with Crippen LogP contribution in [0.15, 0.2) is 29.2 Å². The van der Waals surface area contributed by atoms with Crippen LogP contribution < -0.4 is 14.8 Å². The van der Waals surface area contributed by atoms with Crippen LogP contribution in [0.4, 0.5) is 0 Å². The van der Waals surface area contributed by atoms with Gasteiger partial charge in [-0.1, -0.05) is 26.2 Å². The van der Waals surface area contributed by atoms with Crippen molar-refractivity contribution in [3.63, 3.8) is 0 Å². The van der Waals surface area contributed by atoms with Gasteiger partial charge < -0.3 is 19.7 Å². The molecule has 1 aromatic carbocycles. The molecule has 1 saturated carbocycles. The maximum Gasteiger partial charge on any atom is 0.243 e. The van der Waals surface area contributed by atoms with Crippen LogP contribution in [0.2, 0.25) is 0 Å². The van der Waals surface area contributed by atoms with E-state index in [0.29, 0.717) is 18.8 Å². The summed E-state index contributed by atoms with van der Waals surface area (Å²) >= 11 is 0. The predicted octanol–water partition coefficient (Wildman–Crippen LogP) is 2.21. The van der Waals surface area contributed by atoms with Crippen LogP contribution in [0.25, 0.3) is 0 Å². The predicted molar refractivity (Wildman–Crippen MR) is 128 cm³/mol. The number of benzene rings is 1. The molecule has 0 bridgehead atoms. The van der Waals surface area contributed by atoms with Crippen LogP contribution >= 0.6 is 0 Å². The molecule has 0 spiro atoms. The molecule has 10 heteroatoms. The van der Waals surface area contributed by atoms with Crippen LogP contribution in [0, 0.1) is 0 Å². The highest BCUT2D eigenvalue weighted by Gasteiger charge is 2.34. The van der Waals surface area contributed by atoms with E-state index in [1.54, 1.807) is 12.1 Å². The Bertz CT molecular complexity index is 909. The van der Waals surface area contributed by atoms with E-state index in [1.165, 1.54) is 24.1 Å². The minimum absolute atomic E-state index is 0.0378. The van der Waals surface area contributed by atoms with Crippen LogP contribution in [0.3, 0.4) is 0 Å². The van der Waals surface area contributed by atoms with Crippen molar-refractivity contribution < 1.29 is 27.5 Å². The third-order valence-electron chi connectivity index (χ3n) is 6.47. The highest BCUT2D eigenvalue weighted by molar-refractivity contribution is 7.89. The van der Waals surface area contributed by atoms with Crippen molar-refractivity contribution in [3.8, 4) is 5.75 Å². The van der Waals surface area contributed by atoms with Crippen molar-refractivity contribution in [3.05, 3.63) is 24.3 Å². The fraction of sp³-hybridized carbons (Fsp3) is 0.667. The van der Waals surface area contributed by atoms with Gasteiger partial charge in [0, 0.05) is 19.2 Å². The molecule has 0 radical (unpaired) electrons. The van der Waals surface area contributed by atoms with E-state index in [9.17, 15) is 18.0 Å². The maximum absolute atomic E-state index is 13.3. The van der Waals surface area contributed by atoms with E-state index in [4.69, 9.17) is 9.47 Å². The maximum atomic E-state index is 13.3. The van der Waals surface area contributed by atoms with Gasteiger partial charge in [0.2, 0.25) is 21.8 Å². The first-order valence-electron chi connectivity index (χ1n) is 12.2. The lowest BCUT2D eigenvalue weighted by atomic mass is 10.1. The molecule has 1 heterocycles. The molecule has 2 atom stereocenters. The van der Waals surface area contributed by atoms with Crippen LogP contribution in [-0.4, -0.2) is 70.1 Å². The van der Waals surface area contributed by atoms with Crippen LogP contribution in [-0.2, 0) is 24.3 Å². The van der Waals surface area contributed by atoms with E-state index in [-0.39, 0.29) is 29.5 Å². The summed E-state index contributed by atoms with van der Waals surface area (Å²) in [5.74, 6) is -0.0702. The van der Waals surface area contributed by atoms with Gasteiger partial charge in [-0.05, 0) is 56.4 Å². The Morgan fingerprint density at radius 2 is 1.85 bits per heavy atom. The van der Waals surface area contributed by atoms with Gasteiger partial charge in [-0.2, -0.15) is 0 Å². The third-order valence-corrected chi connectivity index (χ3v) is 7.89. The standard InChI is InChI=1S/C24H37N3O6S/c1-3-7-22(24(29)26-18-8-4-5-9-18)27(17-20-10-6-15-33-20)23(28)16-25-34(30,31)21-13-11-19(32-2)12-14-21/h11-14,18,20,22,25H,3-10,15-17H2,1-2H3,(H,26,29)/t20-,22+/m1/s1. The van der Waals surface area contributed by atoms with Gasteiger partial charge in [-0.3, -0.25) is 9.59 Å². The van der Waals surface area contributed by atoms with Crippen molar-refractivity contribution in [1.82, 2.24) is 14.9 Å². The van der Waals surface area contributed by atoms with Crippen LogP contribution in [0.5, 0.6) is 5.75 Å². The summed E-state index contributed by atoms with van der Waals surface area (Å²) < 4.78 is 38.7. The second-order valence-corrected chi connectivity index (χ2v) is 10.7. The number of carbonyl (C=O) groups is 2. The molecule has 1 aromatic rings. The van der Waals surface area contributed by atoms with Gasteiger partial charge in [0.15, 0.2) is 0 Å². The molecule has 2 fully saturated rings. The Kier molecular flexibility index (Phi) is 9.73. The number of rotatable bonds is 12. The number of ether oxygens (including phenoxy) is 2. The van der Waals surface area contributed by atoms with Gasteiger partial charge in [0.1, 0.15) is 11.8 Å². The van der Waals surface area contributed by atoms with Gasteiger partial charge in [0.25, 0.3) is 0 Å². The molecule has 9 nitrogen and oxygen atoms in total. The first-order valence-corrected chi connectivity index (χ1v) is 13.7. The highest BCUT2D eigenvalue weighted by atomic mass is 32.2. The quantitative estimate of drug-likeness (QED) is 0.460. The summed E-state index contributed by atoms with van der Waals surface area (Å²) in [5, 5.41) is 3.11. The summed E-state index contributed by atoms with van der Waals surface area (Å²) in [6.45, 7) is 2.43. The molecule has 1 aliphatic carbocycles. The van der Waals surface area contributed by atoms with Gasteiger partial charge in [0.05, 0.1) is 24.7 Å². The summed E-state index contributed by atoms with van der Waals surface area (Å²) in [6, 6.07) is 5.42. The Morgan fingerprint density at radius 3 is 2.44 bits per heavy atom. The van der Waals surface area contributed by atoms with Gasteiger partial charge in [-0.25, -0.2) is 13.1 Å². The topological polar surface area (TPSA) is 114 Å². The number of methoxy groups -OCH3 is 1. The molecular formula is C24H37N3O6S. The lowest BCUT2D eigenvalue weighted by Gasteiger charge is -2.33. The normalized spacial score (nSPS) is 19.6. The summed E-state index contributed by atoms with van der Waals surface area (Å²) in [6.07, 6.45) is 6.87. The Hall–Kier alpha value is -2.17. The monoisotopic (exact) mass is 495 g/mol. The first-order chi connectivity index (χ1) is 16.3. The van der Waals surface area contributed by atoms with Crippen molar-refractivity contribution in [2.24, 2.45) is 0 Å². The fourth-order valence-corrected chi connectivity index (χ4v) is 5.55. The summed E-state index contributed by atoms with van der Waals surface area (Å²) in [5.41, 5.74) is 0. The molecule has 190 valence electrons. The summed E-state index contributed by atoms with van der Waals surface area (Å²) in [4.78, 5) is 28.1. The Labute approximate surface area is 202 Å². The number of nitrogens with one attached hydrogen (secondary N) is 2. The van der Waals surface area contributed by atoms with E-state index >= 15 is 0 Å². The molecule has 2 amide bonds. The molecule has 0 aromatic heterocycles. The zero-order valence-corrected chi connectivity index (χ0v) is 20.9. The average Bonchev–Trinajstić information content (AvgIpc) is 3.54. The van der Waals surface area contributed by atoms with Gasteiger partial charge >= 0.3 is 0 Å². The molecule has 1 saturated heterocycles. The Balaban J connectivity index is 1.72. The summed E-state index contributed by atoms with van der Waals surface area (Å²) in [7, 11) is -2.40. The van der Waals surface area contributed by atoms with Crippen molar-refractivity contribution in [2.75, 3.05) is 26.8 Å². The van der Waals surface area contributed by atoms with Crippen molar-refractivity contribution in [2.45, 2.75) is 81.4 Å². The SMILES string of the molecule is CCC[C@@H](C(=O)NC1CCCC1)N(C[C@H]1CCCO1)C(=O)CNS(=O)(=O)c1ccc(OC)cc1. The van der Waals surface area contributed by atoms with Crippen molar-refractivity contribution >= 4 is 21.8 Å². The highest BCUT2D eigenvalue weighted by Crippen LogP contribution is 2.21. The van der Waals surface area contributed by atoms with E-state index in [1.807, 2.05) is 6.92 Å². The second-order valence-electron chi connectivity index (χ2n) is 8.98. The van der Waals surface area contributed by atoms with Gasteiger partial charge in [-0.15, -0.1) is 0 Å². The number of amides is 2. The zero-order chi connectivity index (χ0) is 24.6. The molecule has 2 aliphatic rings. The van der Waals surface area contributed by atoms with Crippen molar-refractivity contribution in [1.29, 1.82) is 0 Å². The molecule has 3 rings (SSSR count). The number of hydrogen-bond acceptors (Lipinski definition) is 6. The average molecular weight is 496 g/mol. The third kappa shape index (κ3) is 7.16. The van der Waals surface area contributed by atoms with E-state index in [0.717, 1.165) is 44.9 Å². The fourth-order valence-electron chi connectivity index (χ4n) is 4.58. The van der Waals surface area contributed by atoms with E-state index < -0.39 is 28.5 Å². The Morgan fingerprint density at radius 1 is 1.15 bits per heavy atom. The first kappa shape index (κ1) is 26.4. The minimum atomic E-state index is -3.90. The molecule has 1 aliphatic heterocycles. The lowest BCUT2D eigenvalue weighted by molar-refractivity contribution is -0.142. The number of carbonyl (C=O) groups excluding carboxylic acids is 2. The zero-order valence-electron chi connectivity index (χ0n) is 20.1. The molecular weight excluding hydrogens is 458 g/mol. The lowest BCUT2D eigenvalue weighted by Crippen LogP contribution is -2.55. The molecule has 2 N–H and O–H groups in total. The largest absolute Gasteiger partial charge is 0.497 e.